The van der Waals surface area contributed by atoms with E-state index < -0.39 is 18.0 Å². The number of benzene rings is 1. The number of carbonyl (C=O) groups is 3. The highest BCUT2D eigenvalue weighted by atomic mass is 16.6. The van der Waals surface area contributed by atoms with E-state index in [1.807, 2.05) is 30.3 Å². The summed E-state index contributed by atoms with van der Waals surface area (Å²) in [5.74, 6) is -1.13. The van der Waals surface area contributed by atoms with Gasteiger partial charge in [0.1, 0.15) is 6.61 Å². The maximum absolute atomic E-state index is 12.2. The molecular formula is C18H19NO6. The molecule has 0 N–H and O–H groups in total. The number of carbonyl (C=O) groups excluding carboxylic acids is 3. The molecule has 0 atom stereocenters. The van der Waals surface area contributed by atoms with Gasteiger partial charge in [0.15, 0.2) is 0 Å². The fourth-order valence-corrected chi connectivity index (χ4v) is 2.29. The molecule has 0 radical (unpaired) electrons. The summed E-state index contributed by atoms with van der Waals surface area (Å²) in [6.07, 6.45) is 1.96. The van der Waals surface area contributed by atoms with E-state index in [1.54, 1.807) is 0 Å². The van der Waals surface area contributed by atoms with Crippen molar-refractivity contribution < 1.29 is 28.6 Å². The normalized spacial score (nSPS) is 16.8. The second kappa shape index (κ2) is 8.68. The van der Waals surface area contributed by atoms with Gasteiger partial charge in [-0.25, -0.2) is 14.4 Å². The third-order valence-electron chi connectivity index (χ3n) is 3.58. The Hall–Kier alpha value is -3.09. The molecule has 0 unspecified atom stereocenters. The van der Waals surface area contributed by atoms with Crippen molar-refractivity contribution in [2.24, 2.45) is 0 Å². The Morgan fingerprint density at radius 2 is 1.48 bits per heavy atom. The van der Waals surface area contributed by atoms with Crippen LogP contribution in [0.2, 0.25) is 0 Å². The van der Waals surface area contributed by atoms with Crippen LogP contribution in [-0.2, 0) is 30.4 Å². The van der Waals surface area contributed by atoms with Gasteiger partial charge in [-0.15, -0.1) is 0 Å². The van der Waals surface area contributed by atoms with Crippen molar-refractivity contribution in [3.63, 3.8) is 0 Å². The number of amides is 1. The summed E-state index contributed by atoms with van der Waals surface area (Å²) < 4.78 is 14.5. The number of hydrogen-bond donors (Lipinski definition) is 0. The maximum Gasteiger partial charge on any atom is 0.410 e. The molecule has 25 heavy (non-hydrogen) atoms. The van der Waals surface area contributed by atoms with Crippen molar-refractivity contribution in [3.05, 3.63) is 59.2 Å². The van der Waals surface area contributed by atoms with Gasteiger partial charge in [-0.2, -0.15) is 0 Å². The summed E-state index contributed by atoms with van der Waals surface area (Å²) >= 11 is 0. The lowest BCUT2D eigenvalue weighted by Crippen LogP contribution is -2.28. The van der Waals surface area contributed by atoms with Crippen LogP contribution in [0.4, 0.5) is 4.79 Å². The molecule has 1 aromatic rings. The van der Waals surface area contributed by atoms with Gasteiger partial charge in [-0.3, -0.25) is 4.90 Å². The van der Waals surface area contributed by atoms with Crippen molar-refractivity contribution in [2.75, 3.05) is 27.3 Å². The second-order valence-corrected chi connectivity index (χ2v) is 5.28. The first-order valence-electron chi connectivity index (χ1n) is 7.56. The van der Waals surface area contributed by atoms with Gasteiger partial charge in [0.2, 0.25) is 0 Å². The first kappa shape index (κ1) is 18.3. The summed E-state index contributed by atoms with van der Waals surface area (Å²) in [6.45, 7) is 0.430. The van der Waals surface area contributed by atoms with Gasteiger partial charge >= 0.3 is 18.0 Å². The average Bonchev–Trinajstić information content (AvgIpc) is 3.02. The van der Waals surface area contributed by atoms with Crippen LogP contribution in [0.3, 0.4) is 0 Å². The van der Waals surface area contributed by atoms with Gasteiger partial charge in [-0.05, 0) is 16.7 Å². The van der Waals surface area contributed by atoms with E-state index in [0.29, 0.717) is 11.1 Å². The molecular weight excluding hydrogens is 326 g/mol. The molecule has 0 aromatic heterocycles. The summed E-state index contributed by atoms with van der Waals surface area (Å²) in [5.41, 5.74) is 1.88. The Labute approximate surface area is 145 Å². The van der Waals surface area contributed by atoms with Crippen LogP contribution >= 0.6 is 0 Å². The average molecular weight is 345 g/mol. The van der Waals surface area contributed by atoms with Crippen LogP contribution in [0.1, 0.15) is 5.56 Å². The highest BCUT2D eigenvalue weighted by Crippen LogP contribution is 2.23. The number of nitrogens with zero attached hydrogens (tertiary/aromatic N) is 1. The number of likely N-dealkylation sites (tertiary alicyclic amines) is 1. The van der Waals surface area contributed by atoms with Crippen LogP contribution in [-0.4, -0.2) is 50.2 Å². The minimum Gasteiger partial charge on any atom is -0.466 e. The molecule has 0 aliphatic carbocycles. The summed E-state index contributed by atoms with van der Waals surface area (Å²) in [6, 6.07) is 9.28. The standard InChI is InChI=1S/C18H19NO6/c1-23-16(20)8-14-10-19(11-15(14)9-17(21)24-2)18(22)25-12-13-6-4-3-5-7-13/h3-9H,10-12H2,1-2H3/b14-8+,15-9+. The molecule has 1 amide bonds. The number of hydrogen-bond acceptors (Lipinski definition) is 6. The van der Waals surface area contributed by atoms with E-state index in [-0.39, 0.29) is 19.7 Å². The Bertz CT molecular complexity index is 674. The molecule has 132 valence electrons. The minimum absolute atomic E-state index is 0.141. The highest BCUT2D eigenvalue weighted by molar-refractivity contribution is 5.88. The zero-order chi connectivity index (χ0) is 18.2. The number of rotatable bonds is 4. The van der Waals surface area contributed by atoms with Crippen molar-refractivity contribution in [3.8, 4) is 0 Å². The van der Waals surface area contributed by atoms with Gasteiger partial charge < -0.3 is 14.2 Å². The predicted octanol–water partition coefficient (Wildman–Crippen LogP) is 1.84. The van der Waals surface area contributed by atoms with E-state index in [4.69, 9.17) is 4.74 Å². The first-order valence-corrected chi connectivity index (χ1v) is 7.56. The largest absolute Gasteiger partial charge is 0.466 e. The van der Waals surface area contributed by atoms with Crippen molar-refractivity contribution >= 4 is 18.0 Å². The van der Waals surface area contributed by atoms with E-state index in [1.165, 1.54) is 31.3 Å². The lowest BCUT2D eigenvalue weighted by Gasteiger charge is -2.14. The minimum atomic E-state index is -0.565. The highest BCUT2D eigenvalue weighted by Gasteiger charge is 2.28. The van der Waals surface area contributed by atoms with Gasteiger partial charge in [0, 0.05) is 25.2 Å². The number of esters is 2. The Kier molecular flexibility index (Phi) is 6.33. The first-order chi connectivity index (χ1) is 12.0. The second-order valence-electron chi connectivity index (χ2n) is 5.28. The third kappa shape index (κ3) is 5.20. The van der Waals surface area contributed by atoms with Gasteiger partial charge in [-0.1, -0.05) is 30.3 Å². The van der Waals surface area contributed by atoms with E-state index in [9.17, 15) is 14.4 Å². The quantitative estimate of drug-likeness (QED) is 0.470. The molecule has 7 heteroatoms. The fraction of sp³-hybridized carbons (Fsp3) is 0.278. The Morgan fingerprint density at radius 3 is 1.96 bits per heavy atom. The van der Waals surface area contributed by atoms with E-state index >= 15 is 0 Å². The van der Waals surface area contributed by atoms with E-state index in [0.717, 1.165) is 5.56 Å². The third-order valence-corrected chi connectivity index (χ3v) is 3.58. The molecule has 0 spiro atoms. The summed E-state index contributed by atoms with van der Waals surface area (Å²) in [5, 5.41) is 0. The zero-order valence-corrected chi connectivity index (χ0v) is 14.1. The summed E-state index contributed by atoms with van der Waals surface area (Å²) in [7, 11) is 2.51. The Balaban J connectivity index is 2.07. The van der Waals surface area contributed by atoms with Crippen LogP contribution in [0.5, 0.6) is 0 Å². The van der Waals surface area contributed by atoms with Crippen molar-refractivity contribution in [1.82, 2.24) is 4.90 Å². The molecule has 7 nitrogen and oxygen atoms in total. The monoisotopic (exact) mass is 345 g/mol. The SMILES string of the molecule is COC(=O)/C=C1\CN(C(=O)OCc2ccccc2)C\C1=C/C(=O)OC. The lowest BCUT2D eigenvalue weighted by molar-refractivity contribution is -0.135. The zero-order valence-electron chi connectivity index (χ0n) is 14.1. The van der Waals surface area contributed by atoms with Crippen molar-refractivity contribution in [2.45, 2.75) is 6.61 Å². The fourth-order valence-electron chi connectivity index (χ4n) is 2.29. The number of methoxy groups -OCH3 is 2. The smallest absolute Gasteiger partial charge is 0.410 e. The number of ether oxygens (including phenoxy) is 3. The molecule has 1 fully saturated rings. The molecule has 1 aliphatic rings. The molecule has 1 aromatic carbocycles. The van der Waals surface area contributed by atoms with Crippen LogP contribution in [0, 0.1) is 0 Å². The Morgan fingerprint density at radius 1 is 0.960 bits per heavy atom. The molecule has 1 aliphatic heterocycles. The molecule has 1 saturated heterocycles. The van der Waals surface area contributed by atoms with Gasteiger partial charge in [0.05, 0.1) is 14.2 Å². The van der Waals surface area contributed by atoms with Crippen LogP contribution in [0.15, 0.2) is 53.6 Å². The van der Waals surface area contributed by atoms with Crippen LogP contribution < -0.4 is 0 Å². The summed E-state index contributed by atoms with van der Waals surface area (Å²) in [4.78, 5) is 36.6. The van der Waals surface area contributed by atoms with Crippen molar-refractivity contribution in [1.29, 1.82) is 0 Å². The maximum atomic E-state index is 12.2. The lowest BCUT2D eigenvalue weighted by atomic mass is 10.1. The molecule has 1 heterocycles. The predicted molar refractivity (Wildman–Crippen MR) is 88.4 cm³/mol. The van der Waals surface area contributed by atoms with Gasteiger partial charge in [0.25, 0.3) is 0 Å². The molecule has 0 saturated carbocycles. The molecule has 0 bridgehead atoms. The topological polar surface area (TPSA) is 82.1 Å². The van der Waals surface area contributed by atoms with E-state index in [2.05, 4.69) is 9.47 Å². The van der Waals surface area contributed by atoms with Crippen LogP contribution in [0.25, 0.3) is 0 Å². The molecule has 2 rings (SSSR count).